The summed E-state index contributed by atoms with van der Waals surface area (Å²) in [5, 5.41) is 31.0. The Kier molecular flexibility index (Phi) is 18.4. The first-order chi connectivity index (χ1) is 8.18. The molecule has 18 heavy (non-hydrogen) atoms. The van der Waals surface area contributed by atoms with E-state index in [1.807, 2.05) is 6.92 Å². The summed E-state index contributed by atoms with van der Waals surface area (Å²) in [6.07, 6.45) is -0.199. The van der Waals surface area contributed by atoms with Crippen LogP contribution in [0.4, 0.5) is 0 Å². The molecule has 0 saturated heterocycles. The first-order valence-electron chi connectivity index (χ1n) is 5.05. The molecule has 0 radical (unpaired) electrons. The smallest absolute Gasteiger partial charge is 0.334 e. The highest BCUT2D eigenvalue weighted by atomic mass is 16.5. The topological polar surface area (TPSA) is 141 Å². The molecule has 0 aromatic rings. The van der Waals surface area contributed by atoms with E-state index in [1.165, 1.54) is 6.92 Å². The maximum Gasteiger partial charge on any atom is 0.334 e. The van der Waals surface area contributed by atoms with Gasteiger partial charge in [-0.05, 0) is 13.3 Å². The fourth-order valence-electron chi connectivity index (χ4n) is 0.323. The predicted octanol–water partition coefficient (Wildman–Crippen LogP) is -0.525. The molecular weight excluding hydrogens is 248 g/mol. The van der Waals surface area contributed by atoms with Crippen LogP contribution in [0.25, 0.3) is 0 Å². The van der Waals surface area contributed by atoms with E-state index in [4.69, 9.17) is 30.0 Å². The van der Waals surface area contributed by atoms with Gasteiger partial charge in [-0.3, -0.25) is 4.79 Å². The monoisotopic (exact) mass is 268 g/mol. The number of carbonyl (C=O) groups excluding carboxylic acids is 1. The van der Waals surface area contributed by atoms with Gasteiger partial charge in [-0.1, -0.05) is 6.92 Å². The van der Waals surface area contributed by atoms with Gasteiger partial charge < -0.3 is 25.2 Å². The predicted molar refractivity (Wildman–Crippen MR) is 61.0 cm³/mol. The lowest BCUT2D eigenvalue weighted by molar-refractivity contribution is -0.152. The van der Waals surface area contributed by atoms with Crippen molar-refractivity contribution in [3.8, 4) is 0 Å². The molecule has 8 heteroatoms. The van der Waals surface area contributed by atoms with Gasteiger partial charge in [0.25, 0.3) is 5.97 Å². The second-order valence-electron chi connectivity index (χ2n) is 2.91. The van der Waals surface area contributed by atoms with Gasteiger partial charge in [0.05, 0.1) is 6.61 Å². The third-order valence-corrected chi connectivity index (χ3v) is 0.925. The highest BCUT2D eigenvalue weighted by molar-refractivity contribution is 5.73. The van der Waals surface area contributed by atoms with Crippen molar-refractivity contribution in [1.29, 1.82) is 0 Å². The highest BCUT2D eigenvalue weighted by Crippen LogP contribution is 1.87. The average molecular weight is 268 g/mol. The van der Waals surface area contributed by atoms with Crippen LogP contribution < -0.4 is 0 Å². The molecule has 0 rings (SSSR count). The molecule has 0 fully saturated rings. The summed E-state index contributed by atoms with van der Waals surface area (Å²) in [6, 6.07) is 0. The lowest BCUT2D eigenvalue weighted by Crippen LogP contribution is -2.19. The number of aliphatic carboxylic acids is 2. The SMILES string of the molecule is CC(=O)O.CCCOC(=O)C(C)O.O=C(O)CO. The van der Waals surface area contributed by atoms with Crippen LogP contribution in [-0.2, 0) is 19.1 Å². The summed E-state index contributed by atoms with van der Waals surface area (Å²) in [7, 11) is 0. The van der Waals surface area contributed by atoms with Crippen molar-refractivity contribution in [2.75, 3.05) is 13.2 Å². The van der Waals surface area contributed by atoms with Crippen molar-refractivity contribution >= 4 is 17.9 Å². The highest BCUT2D eigenvalue weighted by Gasteiger charge is 2.07. The van der Waals surface area contributed by atoms with Gasteiger partial charge in [-0.25, -0.2) is 9.59 Å². The van der Waals surface area contributed by atoms with Crippen molar-refractivity contribution in [2.45, 2.75) is 33.3 Å². The second kappa shape index (κ2) is 15.3. The van der Waals surface area contributed by atoms with Gasteiger partial charge in [0.1, 0.15) is 12.7 Å². The number of carboxylic acids is 2. The normalized spacial score (nSPS) is 9.83. The number of hydrogen-bond acceptors (Lipinski definition) is 6. The Morgan fingerprint density at radius 2 is 1.56 bits per heavy atom. The number of rotatable bonds is 4. The second-order valence-corrected chi connectivity index (χ2v) is 2.91. The van der Waals surface area contributed by atoms with E-state index in [9.17, 15) is 4.79 Å². The summed E-state index contributed by atoms with van der Waals surface area (Å²) >= 11 is 0. The molecule has 0 aliphatic carbocycles. The molecule has 0 aliphatic rings. The molecule has 0 heterocycles. The number of aliphatic hydroxyl groups excluding tert-OH is 2. The molecule has 0 amide bonds. The fourth-order valence-corrected chi connectivity index (χ4v) is 0.323. The number of carbonyl (C=O) groups is 3. The first kappa shape index (κ1) is 21.6. The molecule has 108 valence electrons. The molecule has 0 bridgehead atoms. The minimum atomic E-state index is -1.19. The summed E-state index contributed by atoms with van der Waals surface area (Å²) in [6.45, 7) is 3.98. The number of esters is 1. The Labute approximate surface area is 105 Å². The quantitative estimate of drug-likeness (QED) is 0.499. The molecule has 1 atom stereocenters. The van der Waals surface area contributed by atoms with Crippen LogP contribution in [0.5, 0.6) is 0 Å². The Hall–Kier alpha value is -1.67. The van der Waals surface area contributed by atoms with E-state index in [0.717, 1.165) is 13.3 Å². The Balaban J connectivity index is -0.000000212. The zero-order valence-corrected chi connectivity index (χ0v) is 10.6. The lowest BCUT2D eigenvalue weighted by atomic mass is 10.4. The van der Waals surface area contributed by atoms with E-state index < -0.39 is 30.6 Å². The summed E-state index contributed by atoms with van der Waals surface area (Å²) < 4.78 is 4.56. The van der Waals surface area contributed by atoms with E-state index >= 15 is 0 Å². The van der Waals surface area contributed by atoms with Crippen molar-refractivity contribution in [3.05, 3.63) is 0 Å². The molecule has 1 unspecified atom stereocenters. The van der Waals surface area contributed by atoms with Gasteiger partial charge >= 0.3 is 11.9 Å². The number of ether oxygens (including phenoxy) is 1. The molecule has 8 nitrogen and oxygen atoms in total. The molecular formula is C10H20O8. The van der Waals surface area contributed by atoms with E-state index in [2.05, 4.69) is 4.74 Å². The van der Waals surface area contributed by atoms with Crippen molar-refractivity contribution in [3.63, 3.8) is 0 Å². The molecule has 4 N–H and O–H groups in total. The van der Waals surface area contributed by atoms with Crippen LogP contribution in [-0.4, -0.2) is 57.7 Å². The van der Waals surface area contributed by atoms with E-state index in [1.54, 1.807) is 0 Å². The van der Waals surface area contributed by atoms with Crippen molar-refractivity contribution in [2.24, 2.45) is 0 Å². The minimum Gasteiger partial charge on any atom is -0.481 e. The zero-order valence-electron chi connectivity index (χ0n) is 10.6. The van der Waals surface area contributed by atoms with Gasteiger partial charge in [-0.2, -0.15) is 0 Å². The van der Waals surface area contributed by atoms with Crippen LogP contribution in [0.15, 0.2) is 0 Å². The Morgan fingerprint density at radius 3 is 1.72 bits per heavy atom. The summed E-state index contributed by atoms with van der Waals surface area (Å²) in [4.78, 5) is 28.5. The number of hydrogen-bond donors (Lipinski definition) is 4. The summed E-state index contributed by atoms with van der Waals surface area (Å²) in [5.74, 6) is -2.57. The third-order valence-electron chi connectivity index (χ3n) is 0.925. The maximum absolute atomic E-state index is 10.4. The Bertz CT molecular complexity index is 232. The van der Waals surface area contributed by atoms with Crippen molar-refractivity contribution in [1.82, 2.24) is 0 Å². The van der Waals surface area contributed by atoms with Crippen LogP contribution in [0.1, 0.15) is 27.2 Å². The van der Waals surface area contributed by atoms with Gasteiger partial charge in [-0.15, -0.1) is 0 Å². The Morgan fingerprint density at radius 1 is 1.22 bits per heavy atom. The van der Waals surface area contributed by atoms with Gasteiger partial charge in [0, 0.05) is 6.92 Å². The van der Waals surface area contributed by atoms with E-state index in [-0.39, 0.29) is 0 Å². The van der Waals surface area contributed by atoms with Crippen LogP contribution in [0.2, 0.25) is 0 Å². The molecule has 0 aromatic heterocycles. The van der Waals surface area contributed by atoms with Crippen LogP contribution in [0, 0.1) is 0 Å². The maximum atomic E-state index is 10.4. The average Bonchev–Trinajstić information content (AvgIpc) is 2.25. The van der Waals surface area contributed by atoms with Gasteiger partial charge in [0.2, 0.25) is 0 Å². The van der Waals surface area contributed by atoms with Crippen LogP contribution in [0.3, 0.4) is 0 Å². The first-order valence-corrected chi connectivity index (χ1v) is 5.05. The largest absolute Gasteiger partial charge is 0.481 e. The van der Waals surface area contributed by atoms with Crippen LogP contribution >= 0.6 is 0 Å². The van der Waals surface area contributed by atoms with E-state index in [0.29, 0.717) is 6.61 Å². The minimum absolute atomic E-state index is 0.393. The molecule has 0 spiro atoms. The number of carboxylic acid groups (broad SMARTS) is 2. The standard InChI is InChI=1S/C6H12O3.C2H4O3.C2H4O2/c1-3-4-9-6(8)5(2)7;3-1-2(4)5;1-2(3)4/h5,7H,3-4H2,1-2H3;3H,1H2,(H,4,5);1H3,(H,3,4). The fraction of sp³-hybridized carbons (Fsp3) is 0.700. The third kappa shape index (κ3) is 36.7. The molecule has 0 aromatic carbocycles. The number of aliphatic hydroxyl groups is 2. The molecule has 0 aliphatic heterocycles. The van der Waals surface area contributed by atoms with Crippen molar-refractivity contribution < 1.29 is 39.5 Å². The zero-order chi connectivity index (χ0) is 15.1. The molecule has 0 saturated carbocycles. The summed E-state index contributed by atoms with van der Waals surface area (Å²) in [5.41, 5.74) is 0. The van der Waals surface area contributed by atoms with Gasteiger partial charge in [0.15, 0.2) is 0 Å². The lowest BCUT2D eigenvalue weighted by Gasteiger charge is -2.03.